The first-order valence-corrected chi connectivity index (χ1v) is 11.2. The lowest BCUT2D eigenvalue weighted by molar-refractivity contribution is -0.137. The Hall–Kier alpha value is -3.13. The number of carbonyl (C=O) groups is 1. The van der Waals surface area contributed by atoms with Gasteiger partial charge in [-0.1, -0.05) is 30.3 Å². The summed E-state index contributed by atoms with van der Waals surface area (Å²) in [6, 6.07) is 13.4. The Bertz CT molecular complexity index is 1150. The van der Waals surface area contributed by atoms with Crippen molar-refractivity contribution in [3.63, 3.8) is 0 Å². The lowest BCUT2D eigenvalue weighted by atomic mass is 10.1. The summed E-state index contributed by atoms with van der Waals surface area (Å²) in [5, 5.41) is 7.38. The molecule has 0 aliphatic carbocycles. The van der Waals surface area contributed by atoms with Gasteiger partial charge in [0.25, 0.3) is 0 Å². The molecule has 0 bridgehead atoms. The quantitative estimate of drug-likeness (QED) is 0.490. The van der Waals surface area contributed by atoms with E-state index in [2.05, 4.69) is 42.3 Å². The molecule has 1 amide bonds. The van der Waals surface area contributed by atoms with Crippen molar-refractivity contribution in [2.45, 2.75) is 59.4 Å². The van der Waals surface area contributed by atoms with Crippen molar-refractivity contribution in [3.8, 4) is 5.69 Å². The summed E-state index contributed by atoms with van der Waals surface area (Å²) in [4.78, 5) is 15.0. The molecule has 1 heterocycles. The fourth-order valence-corrected chi connectivity index (χ4v) is 3.75. The minimum absolute atomic E-state index is 0.102. The van der Waals surface area contributed by atoms with Crippen LogP contribution in [-0.4, -0.2) is 33.7 Å². The molecule has 34 heavy (non-hydrogen) atoms. The predicted molar refractivity (Wildman–Crippen MR) is 127 cm³/mol. The summed E-state index contributed by atoms with van der Waals surface area (Å²) >= 11 is 0. The maximum atomic E-state index is 13.1. The average molecular weight is 473 g/mol. The maximum Gasteiger partial charge on any atom is 0.416 e. The minimum atomic E-state index is -4.44. The van der Waals surface area contributed by atoms with Crippen molar-refractivity contribution in [2.75, 3.05) is 7.05 Å². The van der Waals surface area contributed by atoms with E-state index >= 15 is 0 Å². The number of benzene rings is 2. The summed E-state index contributed by atoms with van der Waals surface area (Å²) < 4.78 is 40.8. The van der Waals surface area contributed by atoms with Gasteiger partial charge in [0.05, 0.1) is 23.4 Å². The van der Waals surface area contributed by atoms with Crippen LogP contribution in [0.4, 0.5) is 13.2 Å². The van der Waals surface area contributed by atoms with Crippen LogP contribution in [0, 0.1) is 13.8 Å². The highest BCUT2D eigenvalue weighted by molar-refractivity contribution is 5.79. The van der Waals surface area contributed by atoms with Crippen LogP contribution in [0.25, 0.3) is 5.69 Å². The summed E-state index contributed by atoms with van der Waals surface area (Å²) in [5.41, 5.74) is 3.75. The van der Waals surface area contributed by atoms with Crippen LogP contribution in [0.1, 0.15) is 47.5 Å². The molecule has 0 aliphatic rings. The summed E-state index contributed by atoms with van der Waals surface area (Å²) in [5.74, 6) is -0.165. The fourth-order valence-electron chi connectivity index (χ4n) is 3.75. The van der Waals surface area contributed by atoms with E-state index in [1.54, 1.807) is 19.9 Å². The molecule has 5 nitrogen and oxygen atoms in total. The second-order valence-corrected chi connectivity index (χ2v) is 8.84. The standard InChI is InChI=1S/C26H31F3N4O/c1-17(2)32(5)16-21-10-7-6-9-20(21)15-30-25(34)14-24-18(3)31-33(19(24)4)23-12-8-11-22(13-23)26(27,28)29/h6-13,17H,14-16H2,1-5H3,(H,30,34). The molecule has 1 aromatic heterocycles. The summed E-state index contributed by atoms with van der Waals surface area (Å²) in [6.45, 7) is 8.98. The minimum Gasteiger partial charge on any atom is -0.352 e. The Labute approximate surface area is 198 Å². The molecule has 0 saturated carbocycles. The lowest BCUT2D eigenvalue weighted by Gasteiger charge is -2.22. The Morgan fingerprint density at radius 2 is 1.76 bits per heavy atom. The van der Waals surface area contributed by atoms with Crippen LogP contribution in [0.5, 0.6) is 0 Å². The third-order valence-corrected chi connectivity index (χ3v) is 6.09. The van der Waals surface area contributed by atoms with Crippen LogP contribution in [-0.2, 0) is 30.5 Å². The molecule has 3 rings (SSSR count). The Kier molecular flexibility index (Phi) is 7.82. The number of amides is 1. The number of halogens is 3. The zero-order chi connectivity index (χ0) is 25.0. The van der Waals surface area contributed by atoms with Gasteiger partial charge >= 0.3 is 6.18 Å². The molecule has 182 valence electrons. The van der Waals surface area contributed by atoms with Gasteiger partial charge in [0.2, 0.25) is 5.91 Å². The SMILES string of the molecule is Cc1nn(-c2cccc(C(F)(F)F)c2)c(C)c1CC(=O)NCc1ccccc1CN(C)C(C)C. The van der Waals surface area contributed by atoms with E-state index < -0.39 is 11.7 Å². The van der Waals surface area contributed by atoms with Crippen LogP contribution in [0.2, 0.25) is 0 Å². The summed E-state index contributed by atoms with van der Waals surface area (Å²) in [6.07, 6.45) is -4.33. The highest BCUT2D eigenvalue weighted by atomic mass is 19.4. The Balaban J connectivity index is 1.72. The van der Waals surface area contributed by atoms with E-state index in [9.17, 15) is 18.0 Å². The third-order valence-electron chi connectivity index (χ3n) is 6.09. The van der Waals surface area contributed by atoms with Gasteiger partial charge in [-0.05, 0) is 64.1 Å². The van der Waals surface area contributed by atoms with E-state index in [-0.39, 0.29) is 12.3 Å². The Morgan fingerprint density at radius 3 is 2.41 bits per heavy atom. The molecule has 0 radical (unpaired) electrons. The number of alkyl halides is 3. The van der Waals surface area contributed by atoms with E-state index in [0.717, 1.165) is 29.8 Å². The summed E-state index contributed by atoms with van der Waals surface area (Å²) in [7, 11) is 2.06. The van der Waals surface area contributed by atoms with Crippen LogP contribution in [0.3, 0.4) is 0 Å². The van der Waals surface area contributed by atoms with Gasteiger partial charge in [0, 0.05) is 30.4 Å². The van der Waals surface area contributed by atoms with E-state index in [0.29, 0.717) is 35.2 Å². The van der Waals surface area contributed by atoms with E-state index in [1.807, 2.05) is 18.2 Å². The van der Waals surface area contributed by atoms with Crippen LogP contribution >= 0.6 is 0 Å². The van der Waals surface area contributed by atoms with Crippen molar-refractivity contribution < 1.29 is 18.0 Å². The molecule has 0 fully saturated rings. The monoisotopic (exact) mass is 472 g/mol. The highest BCUT2D eigenvalue weighted by Gasteiger charge is 2.30. The zero-order valence-electron chi connectivity index (χ0n) is 20.2. The van der Waals surface area contributed by atoms with Gasteiger partial charge in [0.1, 0.15) is 0 Å². The number of nitrogens with one attached hydrogen (secondary N) is 1. The molecular weight excluding hydrogens is 441 g/mol. The normalized spacial score (nSPS) is 11.9. The van der Waals surface area contributed by atoms with Crippen molar-refractivity contribution in [1.29, 1.82) is 0 Å². The van der Waals surface area contributed by atoms with Crippen molar-refractivity contribution in [2.24, 2.45) is 0 Å². The molecule has 1 N–H and O–H groups in total. The molecule has 0 atom stereocenters. The lowest BCUT2D eigenvalue weighted by Crippen LogP contribution is -2.28. The molecule has 0 unspecified atom stereocenters. The van der Waals surface area contributed by atoms with Crippen molar-refractivity contribution in [3.05, 3.63) is 82.2 Å². The molecular formula is C26H31F3N4O. The number of rotatable bonds is 8. The smallest absolute Gasteiger partial charge is 0.352 e. The number of nitrogens with zero attached hydrogens (tertiary/aromatic N) is 3. The van der Waals surface area contributed by atoms with Gasteiger partial charge < -0.3 is 5.32 Å². The zero-order valence-corrected chi connectivity index (χ0v) is 20.2. The molecule has 3 aromatic rings. The Morgan fingerprint density at radius 1 is 1.09 bits per heavy atom. The largest absolute Gasteiger partial charge is 0.416 e. The topological polar surface area (TPSA) is 50.2 Å². The van der Waals surface area contributed by atoms with E-state index in [4.69, 9.17) is 0 Å². The molecule has 0 aliphatic heterocycles. The average Bonchev–Trinajstić information content (AvgIpc) is 3.06. The molecule has 2 aromatic carbocycles. The van der Waals surface area contributed by atoms with Crippen LogP contribution < -0.4 is 5.32 Å². The second kappa shape index (κ2) is 10.4. The van der Waals surface area contributed by atoms with Gasteiger partial charge in [0.15, 0.2) is 0 Å². The van der Waals surface area contributed by atoms with Gasteiger partial charge in [-0.3, -0.25) is 9.69 Å². The van der Waals surface area contributed by atoms with Gasteiger partial charge in [-0.25, -0.2) is 4.68 Å². The number of hydrogen-bond donors (Lipinski definition) is 1. The highest BCUT2D eigenvalue weighted by Crippen LogP contribution is 2.31. The van der Waals surface area contributed by atoms with Gasteiger partial charge in [-0.2, -0.15) is 18.3 Å². The van der Waals surface area contributed by atoms with Crippen molar-refractivity contribution >= 4 is 5.91 Å². The maximum absolute atomic E-state index is 13.1. The number of carbonyl (C=O) groups excluding carboxylic acids is 1. The first-order chi connectivity index (χ1) is 16.0. The van der Waals surface area contributed by atoms with E-state index in [1.165, 1.54) is 10.7 Å². The van der Waals surface area contributed by atoms with Gasteiger partial charge in [-0.15, -0.1) is 0 Å². The number of aryl methyl sites for hydroxylation is 1. The molecule has 0 saturated heterocycles. The molecule has 8 heteroatoms. The fraction of sp³-hybridized carbons (Fsp3) is 0.385. The van der Waals surface area contributed by atoms with Crippen molar-refractivity contribution in [1.82, 2.24) is 20.0 Å². The first kappa shape index (κ1) is 25.5. The predicted octanol–water partition coefficient (Wildman–Crippen LogP) is 5.21. The second-order valence-electron chi connectivity index (χ2n) is 8.84. The molecule has 0 spiro atoms. The first-order valence-electron chi connectivity index (χ1n) is 11.2. The number of aromatic nitrogens is 2. The van der Waals surface area contributed by atoms with Crippen LogP contribution in [0.15, 0.2) is 48.5 Å². The number of hydrogen-bond acceptors (Lipinski definition) is 3. The third kappa shape index (κ3) is 6.05.